The van der Waals surface area contributed by atoms with Gasteiger partial charge in [0.2, 0.25) is 0 Å². The molecule has 0 bridgehead atoms. The number of benzene rings is 1. The molecule has 0 aliphatic carbocycles. The Kier molecular flexibility index (Phi) is 4.67. The summed E-state index contributed by atoms with van der Waals surface area (Å²) in [5.74, 6) is -0.619. The van der Waals surface area contributed by atoms with E-state index in [0.717, 1.165) is 5.56 Å². The van der Waals surface area contributed by atoms with Crippen molar-refractivity contribution in [1.29, 1.82) is 0 Å². The molecule has 0 radical (unpaired) electrons. The van der Waals surface area contributed by atoms with Crippen molar-refractivity contribution in [2.24, 2.45) is 0 Å². The molecule has 1 aromatic heterocycles. The number of nitrogens with two attached hydrogens (primary N) is 1. The molecule has 2 aromatic rings. The smallest absolute Gasteiger partial charge is 0.337 e. The lowest BCUT2D eigenvalue weighted by atomic mass is 10.1. The fourth-order valence-corrected chi connectivity index (χ4v) is 1.90. The van der Waals surface area contributed by atoms with Crippen LogP contribution in [-0.2, 0) is 11.3 Å². The first-order chi connectivity index (χ1) is 10.5. The minimum absolute atomic E-state index is 0.0976. The van der Waals surface area contributed by atoms with E-state index < -0.39 is 5.97 Å². The molecular formula is C15H16N4O3. The van der Waals surface area contributed by atoms with E-state index in [-0.39, 0.29) is 17.4 Å². The predicted octanol–water partition coefficient (Wildman–Crippen LogP) is 1.12. The Hall–Kier alpha value is -2.96. The second-order valence-electron chi connectivity index (χ2n) is 4.64. The topological polar surface area (TPSA) is 98.4 Å². The Morgan fingerprint density at radius 1 is 1.18 bits per heavy atom. The number of amides is 1. The Balaban J connectivity index is 2.08. The number of hydrogen-bond donors (Lipinski definition) is 1. The van der Waals surface area contributed by atoms with Crippen LogP contribution in [0.4, 0.5) is 5.82 Å². The number of ether oxygens (including phenoxy) is 1. The van der Waals surface area contributed by atoms with E-state index in [1.807, 2.05) is 0 Å². The average Bonchev–Trinajstić information content (AvgIpc) is 2.54. The average molecular weight is 300 g/mol. The fraction of sp³-hybridized carbons (Fsp3) is 0.200. The van der Waals surface area contributed by atoms with Gasteiger partial charge in [-0.1, -0.05) is 12.1 Å². The van der Waals surface area contributed by atoms with E-state index >= 15 is 0 Å². The number of esters is 1. The maximum Gasteiger partial charge on any atom is 0.337 e. The number of aromatic nitrogens is 2. The minimum atomic E-state index is -0.400. The second kappa shape index (κ2) is 6.66. The molecule has 2 N–H and O–H groups in total. The first-order valence-corrected chi connectivity index (χ1v) is 6.52. The van der Waals surface area contributed by atoms with Crippen molar-refractivity contribution >= 4 is 17.7 Å². The number of carbonyl (C=O) groups excluding carboxylic acids is 2. The van der Waals surface area contributed by atoms with Crippen LogP contribution in [0.15, 0.2) is 36.7 Å². The number of rotatable bonds is 4. The maximum absolute atomic E-state index is 12.3. The molecule has 7 nitrogen and oxygen atoms in total. The van der Waals surface area contributed by atoms with Crippen molar-refractivity contribution in [3.05, 3.63) is 53.5 Å². The van der Waals surface area contributed by atoms with E-state index in [0.29, 0.717) is 12.1 Å². The molecule has 22 heavy (non-hydrogen) atoms. The Morgan fingerprint density at radius 3 is 2.41 bits per heavy atom. The third-order valence-corrected chi connectivity index (χ3v) is 3.07. The third kappa shape index (κ3) is 3.38. The lowest BCUT2D eigenvalue weighted by Gasteiger charge is -2.17. The summed E-state index contributed by atoms with van der Waals surface area (Å²) in [4.78, 5) is 32.9. The van der Waals surface area contributed by atoms with Crippen molar-refractivity contribution in [1.82, 2.24) is 14.9 Å². The van der Waals surface area contributed by atoms with Gasteiger partial charge in [-0.05, 0) is 17.7 Å². The minimum Gasteiger partial charge on any atom is -0.465 e. The molecule has 0 unspecified atom stereocenters. The molecule has 0 fully saturated rings. The molecule has 0 aliphatic rings. The summed E-state index contributed by atoms with van der Waals surface area (Å²) in [5, 5.41) is 0. The van der Waals surface area contributed by atoms with Crippen molar-refractivity contribution in [2.45, 2.75) is 6.54 Å². The van der Waals surface area contributed by atoms with Gasteiger partial charge in [0, 0.05) is 26.0 Å². The van der Waals surface area contributed by atoms with E-state index in [4.69, 9.17) is 5.73 Å². The molecular weight excluding hydrogens is 284 g/mol. The van der Waals surface area contributed by atoms with Crippen LogP contribution in [0, 0.1) is 0 Å². The molecule has 0 saturated carbocycles. The number of carbonyl (C=O) groups is 2. The molecule has 114 valence electrons. The van der Waals surface area contributed by atoms with Crippen LogP contribution in [0.25, 0.3) is 0 Å². The fourth-order valence-electron chi connectivity index (χ4n) is 1.90. The van der Waals surface area contributed by atoms with Crippen LogP contribution in [0.2, 0.25) is 0 Å². The van der Waals surface area contributed by atoms with Crippen LogP contribution in [-0.4, -0.2) is 40.9 Å². The summed E-state index contributed by atoms with van der Waals surface area (Å²) < 4.78 is 4.63. The van der Waals surface area contributed by atoms with Crippen LogP contribution >= 0.6 is 0 Å². The van der Waals surface area contributed by atoms with Gasteiger partial charge in [-0.3, -0.25) is 4.79 Å². The molecule has 2 rings (SSSR count). The third-order valence-electron chi connectivity index (χ3n) is 3.07. The van der Waals surface area contributed by atoms with Crippen LogP contribution in [0.3, 0.4) is 0 Å². The molecule has 1 heterocycles. The van der Waals surface area contributed by atoms with Gasteiger partial charge >= 0.3 is 5.97 Å². The highest BCUT2D eigenvalue weighted by atomic mass is 16.5. The van der Waals surface area contributed by atoms with Crippen LogP contribution < -0.4 is 5.73 Å². The quantitative estimate of drug-likeness (QED) is 0.849. The number of nitrogens with zero attached hydrogens (tertiary/aromatic N) is 3. The maximum atomic E-state index is 12.3. The summed E-state index contributed by atoms with van der Waals surface area (Å²) in [5.41, 5.74) is 7.09. The van der Waals surface area contributed by atoms with E-state index in [2.05, 4.69) is 14.7 Å². The van der Waals surface area contributed by atoms with Crippen molar-refractivity contribution < 1.29 is 14.3 Å². The highest BCUT2D eigenvalue weighted by molar-refractivity contribution is 5.96. The molecule has 1 aromatic carbocycles. The van der Waals surface area contributed by atoms with Gasteiger partial charge < -0.3 is 15.4 Å². The lowest BCUT2D eigenvalue weighted by molar-refractivity contribution is 0.0600. The van der Waals surface area contributed by atoms with E-state index in [9.17, 15) is 9.59 Å². The highest BCUT2D eigenvalue weighted by Gasteiger charge is 2.17. The second-order valence-corrected chi connectivity index (χ2v) is 4.64. The number of anilines is 1. The van der Waals surface area contributed by atoms with Gasteiger partial charge in [0.15, 0.2) is 11.5 Å². The Labute approximate surface area is 127 Å². The van der Waals surface area contributed by atoms with Gasteiger partial charge in [0.05, 0.1) is 12.7 Å². The molecule has 1 amide bonds. The normalized spacial score (nSPS) is 10.1. The zero-order valence-corrected chi connectivity index (χ0v) is 12.3. The Morgan fingerprint density at radius 2 is 1.82 bits per heavy atom. The van der Waals surface area contributed by atoms with Crippen molar-refractivity contribution in [3.63, 3.8) is 0 Å². The van der Waals surface area contributed by atoms with Gasteiger partial charge in [-0.2, -0.15) is 0 Å². The molecule has 0 atom stereocenters. The first kappa shape index (κ1) is 15.4. The van der Waals surface area contributed by atoms with Gasteiger partial charge in [-0.25, -0.2) is 14.8 Å². The number of hydrogen-bond acceptors (Lipinski definition) is 6. The summed E-state index contributed by atoms with van der Waals surface area (Å²) in [6.45, 7) is 0.357. The van der Waals surface area contributed by atoms with Crippen molar-refractivity contribution in [2.75, 3.05) is 19.9 Å². The standard InChI is InChI=1S/C15H16N4O3/c1-19(14(20)12-13(16)18-8-7-17-12)9-10-3-5-11(6-4-10)15(21)22-2/h3-8H,9H2,1-2H3,(H2,16,18). The molecule has 0 saturated heterocycles. The summed E-state index contributed by atoms with van der Waals surface area (Å²) in [7, 11) is 2.97. The lowest BCUT2D eigenvalue weighted by Crippen LogP contribution is -2.28. The summed E-state index contributed by atoms with van der Waals surface area (Å²) in [6.07, 6.45) is 2.85. The van der Waals surface area contributed by atoms with E-state index in [1.54, 1.807) is 31.3 Å². The van der Waals surface area contributed by atoms with Gasteiger partial charge in [-0.15, -0.1) is 0 Å². The van der Waals surface area contributed by atoms with Crippen molar-refractivity contribution in [3.8, 4) is 0 Å². The predicted molar refractivity (Wildman–Crippen MR) is 80.0 cm³/mol. The largest absolute Gasteiger partial charge is 0.465 e. The highest BCUT2D eigenvalue weighted by Crippen LogP contribution is 2.11. The zero-order chi connectivity index (χ0) is 16.1. The monoisotopic (exact) mass is 300 g/mol. The van der Waals surface area contributed by atoms with E-state index in [1.165, 1.54) is 24.4 Å². The summed E-state index contributed by atoms with van der Waals surface area (Å²) in [6, 6.07) is 6.82. The molecule has 7 heteroatoms. The van der Waals surface area contributed by atoms with Crippen LogP contribution in [0.5, 0.6) is 0 Å². The van der Waals surface area contributed by atoms with Gasteiger partial charge in [0.1, 0.15) is 0 Å². The molecule has 0 spiro atoms. The first-order valence-electron chi connectivity index (χ1n) is 6.52. The zero-order valence-electron chi connectivity index (χ0n) is 12.3. The molecule has 0 aliphatic heterocycles. The van der Waals surface area contributed by atoms with Gasteiger partial charge in [0.25, 0.3) is 5.91 Å². The number of methoxy groups -OCH3 is 1. The van der Waals surface area contributed by atoms with Crippen LogP contribution in [0.1, 0.15) is 26.4 Å². The Bertz CT molecular complexity index is 685. The number of nitrogen functional groups attached to an aromatic ring is 1. The SMILES string of the molecule is COC(=O)c1ccc(CN(C)C(=O)c2nccnc2N)cc1. The summed E-state index contributed by atoms with van der Waals surface area (Å²) >= 11 is 0.